The van der Waals surface area contributed by atoms with Crippen LogP contribution in [0.2, 0.25) is 10.0 Å². The number of sulfonamides is 1. The van der Waals surface area contributed by atoms with E-state index in [1.54, 1.807) is 24.3 Å². The Kier molecular flexibility index (Phi) is 6.92. The number of anilines is 5. The lowest BCUT2D eigenvalue weighted by Gasteiger charge is -2.12. The minimum absolute atomic E-state index is 0.0850. The van der Waals surface area contributed by atoms with Crippen molar-refractivity contribution in [2.45, 2.75) is 18.7 Å². The standard InChI is InChI=1S/C24H21Cl2N5O2S/c1-15-3-6-18(7-4-15)28-23-13-16(2)27-24(30-23)29-19-8-10-20(11-9-19)31-34(32,33)22-14-17(25)5-12-21(22)26/h3-14,31H,1-2H3,(H2,27,28,29,30). The molecule has 7 nitrogen and oxygen atoms in total. The molecule has 3 N–H and O–H groups in total. The largest absolute Gasteiger partial charge is 0.340 e. The first-order valence-corrected chi connectivity index (χ1v) is 12.5. The van der Waals surface area contributed by atoms with Crippen LogP contribution >= 0.6 is 23.2 Å². The number of aromatic nitrogens is 2. The summed E-state index contributed by atoms with van der Waals surface area (Å²) < 4.78 is 27.9. The van der Waals surface area contributed by atoms with Crippen LogP contribution in [0.25, 0.3) is 0 Å². The Balaban J connectivity index is 1.48. The Morgan fingerprint density at radius 1 is 0.735 bits per heavy atom. The summed E-state index contributed by atoms with van der Waals surface area (Å²) in [5.74, 6) is 1.07. The molecule has 0 radical (unpaired) electrons. The highest BCUT2D eigenvalue weighted by atomic mass is 35.5. The van der Waals surface area contributed by atoms with Crippen molar-refractivity contribution in [2.75, 3.05) is 15.4 Å². The summed E-state index contributed by atoms with van der Waals surface area (Å²) in [6, 6.07) is 20.8. The van der Waals surface area contributed by atoms with E-state index < -0.39 is 10.0 Å². The van der Waals surface area contributed by atoms with Crippen LogP contribution in [0.5, 0.6) is 0 Å². The van der Waals surface area contributed by atoms with E-state index in [0.717, 1.165) is 11.4 Å². The predicted molar refractivity (Wildman–Crippen MR) is 138 cm³/mol. The fourth-order valence-electron chi connectivity index (χ4n) is 3.12. The molecule has 0 saturated carbocycles. The molecule has 3 aromatic carbocycles. The molecule has 0 aliphatic carbocycles. The van der Waals surface area contributed by atoms with Crippen LogP contribution in [0.3, 0.4) is 0 Å². The van der Waals surface area contributed by atoms with Gasteiger partial charge in [0.15, 0.2) is 0 Å². The molecule has 0 aliphatic rings. The van der Waals surface area contributed by atoms with Gasteiger partial charge in [-0.25, -0.2) is 13.4 Å². The maximum Gasteiger partial charge on any atom is 0.263 e. The van der Waals surface area contributed by atoms with Gasteiger partial charge in [-0.3, -0.25) is 4.72 Å². The number of halogens is 2. The Morgan fingerprint density at radius 2 is 1.35 bits per heavy atom. The SMILES string of the molecule is Cc1ccc(Nc2cc(C)nc(Nc3ccc(NS(=O)(=O)c4cc(Cl)ccc4Cl)cc3)n2)cc1. The smallest absolute Gasteiger partial charge is 0.263 e. The zero-order chi connectivity index (χ0) is 24.3. The Bertz CT molecular complexity index is 1430. The molecule has 10 heteroatoms. The highest BCUT2D eigenvalue weighted by Crippen LogP contribution is 2.27. The van der Waals surface area contributed by atoms with Crippen molar-refractivity contribution in [1.82, 2.24) is 9.97 Å². The van der Waals surface area contributed by atoms with Gasteiger partial charge in [0.1, 0.15) is 10.7 Å². The predicted octanol–water partition coefficient (Wildman–Crippen LogP) is 6.69. The van der Waals surface area contributed by atoms with E-state index in [-0.39, 0.29) is 14.9 Å². The normalized spacial score (nSPS) is 11.2. The van der Waals surface area contributed by atoms with Crippen molar-refractivity contribution in [2.24, 2.45) is 0 Å². The molecular weight excluding hydrogens is 493 g/mol. The summed E-state index contributed by atoms with van der Waals surface area (Å²) in [7, 11) is -3.90. The number of rotatable bonds is 7. The Morgan fingerprint density at radius 3 is 2.06 bits per heavy atom. The average molecular weight is 514 g/mol. The second kappa shape index (κ2) is 9.89. The van der Waals surface area contributed by atoms with Gasteiger partial charge in [0.25, 0.3) is 10.0 Å². The summed E-state index contributed by atoms with van der Waals surface area (Å²) in [6.45, 7) is 3.91. The topological polar surface area (TPSA) is 96.0 Å². The van der Waals surface area contributed by atoms with Crippen molar-refractivity contribution in [3.8, 4) is 0 Å². The quantitative estimate of drug-likeness (QED) is 0.254. The van der Waals surface area contributed by atoms with Crippen molar-refractivity contribution in [3.05, 3.63) is 94.1 Å². The van der Waals surface area contributed by atoms with Crippen LogP contribution in [-0.4, -0.2) is 18.4 Å². The molecular formula is C24H21Cl2N5O2S. The van der Waals surface area contributed by atoms with Gasteiger partial charge in [-0.2, -0.15) is 4.98 Å². The molecule has 0 unspecified atom stereocenters. The van der Waals surface area contributed by atoms with E-state index in [1.807, 2.05) is 44.2 Å². The number of nitrogens with one attached hydrogen (secondary N) is 3. The lowest BCUT2D eigenvalue weighted by molar-refractivity contribution is 0.601. The first-order chi connectivity index (χ1) is 16.2. The molecule has 34 heavy (non-hydrogen) atoms. The van der Waals surface area contributed by atoms with Gasteiger partial charge in [0, 0.05) is 33.8 Å². The van der Waals surface area contributed by atoms with Crippen LogP contribution in [0.15, 0.2) is 77.7 Å². The fraction of sp³-hybridized carbons (Fsp3) is 0.0833. The lowest BCUT2D eigenvalue weighted by Crippen LogP contribution is -2.13. The van der Waals surface area contributed by atoms with Crippen LogP contribution in [-0.2, 0) is 10.0 Å². The maximum atomic E-state index is 12.7. The molecule has 0 atom stereocenters. The second-order valence-corrected chi connectivity index (χ2v) is 10.1. The van der Waals surface area contributed by atoms with Gasteiger partial charge in [-0.15, -0.1) is 0 Å². The molecule has 0 aliphatic heterocycles. The second-order valence-electron chi connectivity index (χ2n) is 7.59. The van der Waals surface area contributed by atoms with Crippen LogP contribution in [0.4, 0.5) is 28.8 Å². The average Bonchev–Trinajstić information content (AvgIpc) is 2.78. The summed E-state index contributed by atoms with van der Waals surface area (Å²) in [4.78, 5) is 8.85. The fourth-order valence-corrected chi connectivity index (χ4v) is 4.94. The van der Waals surface area contributed by atoms with E-state index in [9.17, 15) is 8.42 Å². The monoisotopic (exact) mass is 513 g/mol. The van der Waals surface area contributed by atoms with E-state index in [2.05, 4.69) is 25.3 Å². The van der Waals surface area contributed by atoms with Gasteiger partial charge in [-0.1, -0.05) is 40.9 Å². The van der Waals surface area contributed by atoms with Gasteiger partial charge in [-0.05, 0) is 68.4 Å². The minimum Gasteiger partial charge on any atom is -0.340 e. The summed E-state index contributed by atoms with van der Waals surface area (Å²) in [5.41, 5.74) is 3.94. The number of aryl methyl sites for hydroxylation is 2. The molecule has 1 aromatic heterocycles. The molecule has 0 spiro atoms. The molecule has 0 saturated heterocycles. The molecule has 174 valence electrons. The van der Waals surface area contributed by atoms with Gasteiger partial charge >= 0.3 is 0 Å². The first kappa shape index (κ1) is 23.8. The number of hydrogen-bond donors (Lipinski definition) is 3. The highest BCUT2D eigenvalue weighted by molar-refractivity contribution is 7.92. The van der Waals surface area contributed by atoms with E-state index in [0.29, 0.717) is 23.1 Å². The molecule has 0 amide bonds. The van der Waals surface area contributed by atoms with Crippen molar-refractivity contribution >= 4 is 62.1 Å². The van der Waals surface area contributed by atoms with E-state index in [4.69, 9.17) is 23.2 Å². The van der Waals surface area contributed by atoms with Gasteiger partial charge in [0.2, 0.25) is 5.95 Å². The highest BCUT2D eigenvalue weighted by Gasteiger charge is 2.18. The molecule has 0 bridgehead atoms. The number of benzene rings is 3. The third kappa shape index (κ3) is 5.96. The van der Waals surface area contributed by atoms with Crippen molar-refractivity contribution in [1.29, 1.82) is 0 Å². The molecule has 4 rings (SSSR count). The molecule has 1 heterocycles. The zero-order valence-electron chi connectivity index (χ0n) is 18.3. The first-order valence-electron chi connectivity index (χ1n) is 10.2. The van der Waals surface area contributed by atoms with Gasteiger partial charge < -0.3 is 10.6 Å². The zero-order valence-corrected chi connectivity index (χ0v) is 20.6. The van der Waals surface area contributed by atoms with Crippen LogP contribution < -0.4 is 15.4 Å². The Hall–Kier alpha value is -3.33. The molecule has 4 aromatic rings. The summed E-state index contributed by atoms with van der Waals surface area (Å²) in [6.07, 6.45) is 0. The molecule has 0 fully saturated rings. The van der Waals surface area contributed by atoms with Gasteiger partial charge in [0.05, 0.1) is 5.02 Å². The third-order valence-electron chi connectivity index (χ3n) is 4.75. The summed E-state index contributed by atoms with van der Waals surface area (Å²) >= 11 is 12.0. The van der Waals surface area contributed by atoms with Crippen LogP contribution in [0, 0.1) is 13.8 Å². The Labute approximate surface area is 208 Å². The lowest BCUT2D eigenvalue weighted by atomic mass is 10.2. The van der Waals surface area contributed by atoms with Crippen molar-refractivity contribution in [3.63, 3.8) is 0 Å². The number of nitrogens with zero attached hydrogens (tertiary/aromatic N) is 2. The summed E-state index contributed by atoms with van der Waals surface area (Å²) in [5, 5.41) is 6.77. The number of hydrogen-bond acceptors (Lipinski definition) is 6. The van der Waals surface area contributed by atoms with E-state index in [1.165, 1.54) is 23.8 Å². The van der Waals surface area contributed by atoms with E-state index >= 15 is 0 Å². The van der Waals surface area contributed by atoms with Crippen molar-refractivity contribution < 1.29 is 8.42 Å². The van der Waals surface area contributed by atoms with Crippen LogP contribution in [0.1, 0.15) is 11.3 Å². The minimum atomic E-state index is -3.90. The maximum absolute atomic E-state index is 12.7. The third-order valence-corrected chi connectivity index (χ3v) is 6.85.